The molecule has 2 aliphatic heterocycles. The molecule has 72 valence electrons. The van der Waals surface area contributed by atoms with Crippen molar-refractivity contribution in [3.63, 3.8) is 0 Å². The predicted octanol–water partition coefficient (Wildman–Crippen LogP) is 2.25. The summed E-state index contributed by atoms with van der Waals surface area (Å²) in [6.45, 7) is 4.83. The zero-order valence-corrected chi connectivity index (χ0v) is 7.92. The van der Waals surface area contributed by atoms with E-state index in [-0.39, 0.29) is 5.60 Å². The Balaban J connectivity index is 1.94. The van der Waals surface area contributed by atoms with E-state index in [1.54, 1.807) is 0 Å². The van der Waals surface area contributed by atoms with E-state index in [0.29, 0.717) is 12.0 Å². The number of rotatable bonds is 0. The first-order valence-electron chi connectivity index (χ1n) is 5.30. The van der Waals surface area contributed by atoms with Crippen LogP contribution in [0.25, 0.3) is 0 Å². The van der Waals surface area contributed by atoms with Crippen LogP contribution in [0.5, 0.6) is 0 Å². The Morgan fingerprint density at radius 2 is 2.31 bits per heavy atom. The third kappa shape index (κ3) is 0.925. The Bertz CT molecular complexity index is 246. The van der Waals surface area contributed by atoms with Crippen LogP contribution in [0.2, 0.25) is 0 Å². The molecular weight excluding hydrogens is 164 g/mol. The molecule has 0 radical (unpaired) electrons. The molecule has 1 saturated carbocycles. The molecular formula is C11H16O2. The van der Waals surface area contributed by atoms with E-state index in [2.05, 4.69) is 6.58 Å². The van der Waals surface area contributed by atoms with E-state index >= 15 is 0 Å². The van der Waals surface area contributed by atoms with Crippen molar-refractivity contribution in [3.05, 3.63) is 12.3 Å². The molecule has 0 aromatic rings. The minimum absolute atomic E-state index is 0.0509. The average molecular weight is 180 g/mol. The summed E-state index contributed by atoms with van der Waals surface area (Å²) in [6, 6.07) is 0. The second-order valence-corrected chi connectivity index (χ2v) is 4.56. The average Bonchev–Trinajstić information content (AvgIpc) is 2.57. The largest absolute Gasteiger partial charge is 0.489 e. The van der Waals surface area contributed by atoms with E-state index in [1.165, 1.54) is 25.7 Å². The molecule has 13 heavy (non-hydrogen) atoms. The van der Waals surface area contributed by atoms with Crippen molar-refractivity contribution in [2.24, 2.45) is 5.92 Å². The molecule has 3 atom stereocenters. The quantitative estimate of drug-likeness (QED) is 0.569. The van der Waals surface area contributed by atoms with Crippen LogP contribution < -0.4 is 0 Å². The standard InChI is InChI=1S/C11H16O2/c1-8-6-10-11(13-8)5-3-2-4-9(11)7-12-10/h9-10H,1-7H2/t9-,10-,11-/m0/s1. The SMILES string of the molecule is C=C1C[C@@H]2OC[C@@H]3CCCC[C@]32O1. The maximum Gasteiger partial charge on any atom is 0.140 e. The van der Waals surface area contributed by atoms with Crippen LogP contribution in [0.3, 0.4) is 0 Å². The van der Waals surface area contributed by atoms with E-state index in [1.807, 2.05) is 0 Å². The molecule has 3 aliphatic rings. The van der Waals surface area contributed by atoms with Crippen LogP contribution in [0.15, 0.2) is 12.3 Å². The maximum absolute atomic E-state index is 5.96. The van der Waals surface area contributed by atoms with E-state index in [9.17, 15) is 0 Å². The molecule has 0 amide bonds. The van der Waals surface area contributed by atoms with Crippen molar-refractivity contribution in [1.29, 1.82) is 0 Å². The Kier molecular flexibility index (Phi) is 1.51. The van der Waals surface area contributed by atoms with Crippen molar-refractivity contribution >= 4 is 0 Å². The zero-order chi connectivity index (χ0) is 8.89. The topological polar surface area (TPSA) is 18.5 Å². The highest BCUT2D eigenvalue weighted by Crippen LogP contribution is 2.51. The Labute approximate surface area is 78.9 Å². The number of ether oxygens (including phenoxy) is 2. The lowest BCUT2D eigenvalue weighted by atomic mass is 9.75. The molecule has 2 nitrogen and oxygen atoms in total. The third-order valence-corrected chi connectivity index (χ3v) is 3.85. The molecule has 1 spiro atoms. The molecule has 3 fully saturated rings. The highest BCUT2D eigenvalue weighted by atomic mass is 16.6. The minimum atomic E-state index is 0.0509. The smallest absolute Gasteiger partial charge is 0.140 e. The number of hydrogen-bond donors (Lipinski definition) is 0. The molecule has 2 heteroatoms. The van der Waals surface area contributed by atoms with Crippen LogP contribution in [0.1, 0.15) is 32.1 Å². The Morgan fingerprint density at radius 1 is 1.38 bits per heavy atom. The van der Waals surface area contributed by atoms with E-state index in [4.69, 9.17) is 9.47 Å². The lowest BCUT2D eigenvalue weighted by molar-refractivity contribution is -0.0426. The van der Waals surface area contributed by atoms with Gasteiger partial charge in [-0.15, -0.1) is 0 Å². The van der Waals surface area contributed by atoms with Gasteiger partial charge in [0.05, 0.1) is 12.4 Å². The van der Waals surface area contributed by atoms with Gasteiger partial charge in [0.2, 0.25) is 0 Å². The second kappa shape index (κ2) is 2.50. The molecule has 0 aromatic carbocycles. The summed E-state index contributed by atoms with van der Waals surface area (Å²) in [5, 5.41) is 0. The summed E-state index contributed by atoms with van der Waals surface area (Å²) in [7, 11) is 0. The summed E-state index contributed by atoms with van der Waals surface area (Å²) in [6.07, 6.45) is 6.36. The van der Waals surface area contributed by atoms with Crippen LogP contribution >= 0.6 is 0 Å². The van der Waals surface area contributed by atoms with Gasteiger partial charge in [-0.05, 0) is 19.3 Å². The zero-order valence-electron chi connectivity index (χ0n) is 7.92. The first-order valence-corrected chi connectivity index (χ1v) is 5.30. The third-order valence-electron chi connectivity index (χ3n) is 3.85. The van der Waals surface area contributed by atoms with E-state index < -0.39 is 0 Å². The highest BCUT2D eigenvalue weighted by molar-refractivity contribution is 5.13. The fourth-order valence-electron chi connectivity index (χ4n) is 3.21. The second-order valence-electron chi connectivity index (χ2n) is 4.56. The molecule has 1 aliphatic carbocycles. The van der Waals surface area contributed by atoms with Crippen LogP contribution in [-0.4, -0.2) is 18.3 Å². The van der Waals surface area contributed by atoms with Crippen LogP contribution in [0.4, 0.5) is 0 Å². The lowest BCUT2D eigenvalue weighted by Crippen LogP contribution is -2.43. The van der Waals surface area contributed by atoms with Gasteiger partial charge in [-0.25, -0.2) is 0 Å². The Hall–Kier alpha value is -0.500. The summed E-state index contributed by atoms with van der Waals surface area (Å²) in [5.74, 6) is 1.59. The fraction of sp³-hybridized carbons (Fsp3) is 0.818. The lowest BCUT2D eigenvalue weighted by Gasteiger charge is -2.36. The molecule has 3 rings (SSSR count). The molecule has 0 aromatic heterocycles. The summed E-state index contributed by atoms with van der Waals surface area (Å²) in [4.78, 5) is 0. The molecule has 2 heterocycles. The van der Waals surface area contributed by atoms with Gasteiger partial charge in [0.25, 0.3) is 0 Å². The summed E-state index contributed by atoms with van der Waals surface area (Å²) in [5.41, 5.74) is 0.0509. The first kappa shape index (κ1) is 7.86. The monoisotopic (exact) mass is 180 g/mol. The van der Waals surface area contributed by atoms with Gasteiger partial charge in [-0.2, -0.15) is 0 Å². The van der Waals surface area contributed by atoms with Crippen molar-refractivity contribution in [3.8, 4) is 0 Å². The van der Waals surface area contributed by atoms with Crippen molar-refractivity contribution < 1.29 is 9.47 Å². The molecule has 0 N–H and O–H groups in total. The maximum atomic E-state index is 5.96. The van der Waals surface area contributed by atoms with Gasteiger partial charge in [-0.3, -0.25) is 0 Å². The minimum Gasteiger partial charge on any atom is -0.489 e. The Morgan fingerprint density at radius 3 is 3.23 bits per heavy atom. The predicted molar refractivity (Wildman–Crippen MR) is 49.3 cm³/mol. The van der Waals surface area contributed by atoms with Gasteiger partial charge in [0.15, 0.2) is 0 Å². The van der Waals surface area contributed by atoms with Crippen LogP contribution in [0, 0.1) is 5.92 Å². The van der Waals surface area contributed by atoms with Gasteiger partial charge in [0, 0.05) is 12.3 Å². The highest BCUT2D eigenvalue weighted by Gasteiger charge is 2.58. The molecule has 0 bridgehead atoms. The van der Waals surface area contributed by atoms with Crippen molar-refractivity contribution in [2.45, 2.75) is 43.8 Å². The van der Waals surface area contributed by atoms with Crippen molar-refractivity contribution in [2.75, 3.05) is 6.61 Å². The van der Waals surface area contributed by atoms with Crippen molar-refractivity contribution in [1.82, 2.24) is 0 Å². The van der Waals surface area contributed by atoms with Gasteiger partial charge >= 0.3 is 0 Å². The summed E-state index contributed by atoms with van der Waals surface area (Å²) < 4.78 is 11.8. The fourth-order valence-corrected chi connectivity index (χ4v) is 3.21. The van der Waals surface area contributed by atoms with E-state index in [0.717, 1.165) is 18.8 Å². The summed E-state index contributed by atoms with van der Waals surface area (Å²) >= 11 is 0. The van der Waals surface area contributed by atoms with Gasteiger partial charge < -0.3 is 9.47 Å². The van der Waals surface area contributed by atoms with Gasteiger partial charge in [0.1, 0.15) is 11.7 Å². The first-order chi connectivity index (χ1) is 6.31. The van der Waals surface area contributed by atoms with Crippen LogP contribution in [-0.2, 0) is 9.47 Å². The van der Waals surface area contributed by atoms with Gasteiger partial charge in [-0.1, -0.05) is 13.0 Å². The number of hydrogen-bond acceptors (Lipinski definition) is 2. The molecule has 0 unspecified atom stereocenters. The normalized spacial score (nSPS) is 48.5. The molecule has 2 saturated heterocycles.